The Morgan fingerprint density at radius 3 is 1.26 bits per heavy atom. The van der Waals surface area contributed by atoms with E-state index in [-0.39, 0.29) is 26.5 Å². The number of allylic oxidation sites excluding steroid dienone is 1. The van der Waals surface area contributed by atoms with Gasteiger partial charge in [-0.3, -0.25) is 34.8 Å². The van der Waals surface area contributed by atoms with Crippen LogP contribution in [0.25, 0.3) is 101 Å². The Morgan fingerprint density at radius 1 is 0.388 bits per heavy atom. The molecule has 0 spiro atoms. The van der Waals surface area contributed by atoms with Gasteiger partial charge in [-0.15, -0.1) is 0 Å². The lowest BCUT2D eigenvalue weighted by molar-refractivity contribution is -0.384. The number of para-hydroxylation sites is 1. The number of pyridine rings is 2. The predicted molar refractivity (Wildman–Crippen MR) is 332 cm³/mol. The molecule has 5 heterocycles. The van der Waals surface area contributed by atoms with Gasteiger partial charge >= 0.3 is 0 Å². The molecular weight excluding hydrogens is 1080 g/mol. The first-order valence-corrected chi connectivity index (χ1v) is 27.3. The molecule has 0 N–H and O–H groups in total. The van der Waals surface area contributed by atoms with E-state index in [1.807, 2.05) is 211 Å². The van der Waals surface area contributed by atoms with Crippen LogP contribution in [0.5, 0.6) is 0 Å². The smallest absolute Gasteiger partial charge is 0.280 e. The molecule has 0 atom stereocenters. The number of aromatic nitrogens is 9. The Morgan fingerprint density at radius 2 is 0.788 bits per heavy atom. The molecule has 1 aliphatic carbocycles. The van der Waals surface area contributed by atoms with Crippen molar-refractivity contribution in [1.82, 2.24) is 44.4 Å². The quantitative estimate of drug-likeness (QED) is 0.0880. The van der Waals surface area contributed by atoms with Gasteiger partial charge in [-0.25, -0.2) is 9.97 Å². The maximum atomic E-state index is 12.1. The molecule has 0 unspecified atom stereocenters. The largest absolute Gasteiger partial charge is 0.284 e. The van der Waals surface area contributed by atoms with Gasteiger partial charge in [-0.1, -0.05) is 224 Å². The van der Waals surface area contributed by atoms with Crippen LogP contribution in [-0.2, 0) is 6.42 Å². The van der Waals surface area contributed by atoms with Gasteiger partial charge in [0.15, 0.2) is 23.3 Å². The highest BCUT2D eigenvalue weighted by atomic mass is 35.5. The van der Waals surface area contributed by atoms with E-state index in [1.54, 1.807) is 6.20 Å². The van der Waals surface area contributed by atoms with Crippen LogP contribution in [0.1, 0.15) is 16.7 Å². The fraction of sp³-hybridized carbons (Fsp3) is 0.0145. The molecule has 408 valence electrons. The van der Waals surface area contributed by atoms with Crippen LogP contribution < -0.4 is 0 Å². The van der Waals surface area contributed by atoms with Crippen molar-refractivity contribution in [3.8, 4) is 84.9 Å². The number of hydrogen-bond donors (Lipinski definition) is 0. The molecule has 0 amide bonds. The summed E-state index contributed by atoms with van der Waals surface area (Å²) in [6.45, 7) is 0. The number of rotatable bonds is 11. The molecule has 85 heavy (non-hydrogen) atoms. The number of nitrogens with zero attached hydrogens (tertiary/aromatic N) is 11. The first-order chi connectivity index (χ1) is 41.8. The summed E-state index contributed by atoms with van der Waals surface area (Å²) >= 11 is 5.99. The summed E-state index contributed by atoms with van der Waals surface area (Å²) < 4.78 is 1.91. The van der Waals surface area contributed by atoms with Gasteiger partial charge in [-0.2, -0.15) is 19.9 Å². The second kappa shape index (κ2) is 24.7. The van der Waals surface area contributed by atoms with Crippen molar-refractivity contribution in [2.45, 2.75) is 6.42 Å². The first-order valence-electron chi connectivity index (χ1n) is 26.9. The lowest BCUT2D eigenvalue weighted by atomic mass is 9.93. The summed E-state index contributed by atoms with van der Waals surface area (Å²) in [6, 6.07) is 73.8. The molecule has 16 heteroatoms. The monoisotopic (exact) mass is 1130 g/mol. The third kappa shape index (κ3) is 11.7. The summed E-state index contributed by atoms with van der Waals surface area (Å²) in [7, 11) is 0. The van der Waals surface area contributed by atoms with E-state index >= 15 is 0 Å². The van der Waals surface area contributed by atoms with E-state index in [9.17, 15) is 20.2 Å². The van der Waals surface area contributed by atoms with Crippen molar-refractivity contribution in [2.24, 2.45) is 0 Å². The lowest BCUT2D eigenvalue weighted by Crippen LogP contribution is -2.06. The van der Waals surface area contributed by atoms with Crippen LogP contribution in [0.2, 0.25) is 5.28 Å². The summed E-state index contributed by atoms with van der Waals surface area (Å²) in [4.78, 5) is 58.5. The van der Waals surface area contributed by atoms with Gasteiger partial charge in [0.05, 0.1) is 26.5 Å². The molecule has 1 aliphatic rings. The zero-order valence-corrected chi connectivity index (χ0v) is 45.8. The number of benzene rings is 8. The average molecular weight is 1130 g/mol. The molecular formula is C69H46ClN11O4. The van der Waals surface area contributed by atoms with Gasteiger partial charge in [0.2, 0.25) is 11.2 Å². The molecule has 0 fully saturated rings. The molecule has 14 rings (SSSR count). The van der Waals surface area contributed by atoms with Gasteiger partial charge in [0.1, 0.15) is 0 Å². The van der Waals surface area contributed by atoms with Crippen molar-refractivity contribution >= 4 is 39.5 Å². The number of halogens is 1. The third-order valence-electron chi connectivity index (χ3n) is 14.1. The highest BCUT2D eigenvalue weighted by Gasteiger charge is 2.25. The molecule has 0 radical (unpaired) electrons. The molecule has 13 aromatic rings. The van der Waals surface area contributed by atoms with E-state index in [0.29, 0.717) is 45.9 Å². The van der Waals surface area contributed by atoms with Crippen LogP contribution in [0.15, 0.2) is 268 Å². The lowest BCUT2D eigenvalue weighted by Gasteiger charge is -2.12. The Bertz CT molecular complexity index is 4460. The minimum atomic E-state index is -0.384. The summed E-state index contributed by atoms with van der Waals surface area (Å²) in [5.41, 5.74) is 13.4. The van der Waals surface area contributed by atoms with Crippen LogP contribution in [0.4, 0.5) is 11.4 Å². The molecule has 0 aliphatic heterocycles. The fourth-order valence-electron chi connectivity index (χ4n) is 10.2. The predicted octanol–water partition coefficient (Wildman–Crippen LogP) is 16.3. The van der Waals surface area contributed by atoms with Crippen molar-refractivity contribution in [1.29, 1.82) is 0 Å². The maximum absolute atomic E-state index is 12.1. The summed E-state index contributed by atoms with van der Waals surface area (Å²) in [5.74, 6) is 2.60. The molecule has 15 nitrogen and oxygen atoms in total. The number of nitro groups is 2. The van der Waals surface area contributed by atoms with Gasteiger partial charge < -0.3 is 0 Å². The Labute approximate surface area is 492 Å². The average Bonchev–Trinajstić information content (AvgIpc) is 2.18. The fourth-order valence-corrected chi connectivity index (χ4v) is 10.4. The van der Waals surface area contributed by atoms with Crippen LogP contribution in [0.3, 0.4) is 0 Å². The van der Waals surface area contributed by atoms with Gasteiger partial charge in [0.25, 0.3) is 11.4 Å². The highest BCUT2D eigenvalue weighted by molar-refractivity contribution is 6.28. The van der Waals surface area contributed by atoms with Crippen LogP contribution in [-0.4, -0.2) is 54.3 Å². The Kier molecular flexibility index (Phi) is 15.7. The topological polar surface area (TPSA) is 194 Å². The summed E-state index contributed by atoms with van der Waals surface area (Å²) in [6.07, 6.45) is 10.9. The van der Waals surface area contributed by atoms with Crippen LogP contribution in [0, 0.1) is 20.2 Å². The van der Waals surface area contributed by atoms with Crippen molar-refractivity contribution in [3.05, 3.63) is 310 Å². The Balaban J connectivity index is 0.000000139. The van der Waals surface area contributed by atoms with Crippen molar-refractivity contribution in [2.75, 3.05) is 0 Å². The standard InChI is InChI=1S/C34H22N6O2.C20H14N2O2.C15H10ClN3/c41-40(42)30-19-20-35-21-28(30)26-17-10-18-27-29(23-11-4-1-5-12-23)22-39(31(26)27)34-37-32(24-13-6-2-7-14-24)36-33(38-34)25-15-8-3-9-16-25;23-22(24)20-11-12-21-13-19(20)17-8-4-7-16-15(9-10-18(16)17)14-5-2-1-3-6-14;16-15-18-13(11-7-3-1-4-8-11)17-14(19-15)12-9-5-2-6-10-12/h1-22H;1-9,11-13H,10H2;1-10H. The summed E-state index contributed by atoms with van der Waals surface area (Å²) in [5, 5.41) is 24.5. The highest BCUT2D eigenvalue weighted by Crippen LogP contribution is 2.42. The Hall–Kier alpha value is -11.6. The molecule has 5 aromatic heterocycles. The zero-order valence-electron chi connectivity index (χ0n) is 45.0. The van der Waals surface area contributed by atoms with E-state index in [2.05, 4.69) is 49.2 Å². The molecule has 0 bridgehead atoms. The second-order valence-corrected chi connectivity index (χ2v) is 19.6. The van der Waals surface area contributed by atoms with E-state index in [4.69, 9.17) is 26.6 Å². The molecule has 0 saturated carbocycles. The maximum Gasteiger partial charge on any atom is 0.280 e. The van der Waals surface area contributed by atoms with E-state index < -0.39 is 0 Å². The number of fused-ring (bicyclic) bond motifs is 2. The van der Waals surface area contributed by atoms with E-state index in [0.717, 1.165) is 73.0 Å². The normalized spacial score (nSPS) is 11.3. The number of hydrogen-bond acceptors (Lipinski definition) is 12. The minimum absolute atomic E-state index is 0.0305. The first kappa shape index (κ1) is 54.1. The van der Waals surface area contributed by atoms with Crippen molar-refractivity contribution in [3.63, 3.8) is 0 Å². The molecule has 8 aromatic carbocycles. The minimum Gasteiger partial charge on any atom is -0.284 e. The SMILES string of the molecule is Clc1nc(-c2ccccc2)nc(-c2ccccc2)n1.O=[N+]([O-])c1ccncc1-c1cccc2c(-c3ccccc3)cn(-c3nc(-c4ccccc4)nc(-c4ccccc4)n3)c12.O=[N+]([O-])c1ccncc1-c1cccc2c1CC=C2c1ccccc1. The van der Waals surface area contributed by atoms with Gasteiger partial charge in [0, 0.05) is 81.9 Å². The molecule has 0 saturated heterocycles. The van der Waals surface area contributed by atoms with Crippen LogP contribution >= 0.6 is 11.6 Å². The van der Waals surface area contributed by atoms with Gasteiger partial charge in [-0.05, 0) is 51.4 Å². The zero-order chi connectivity index (χ0) is 58.1. The second-order valence-electron chi connectivity index (χ2n) is 19.3. The van der Waals surface area contributed by atoms with E-state index in [1.165, 1.54) is 36.3 Å². The third-order valence-corrected chi connectivity index (χ3v) is 14.3. The van der Waals surface area contributed by atoms with Crippen molar-refractivity contribution < 1.29 is 9.85 Å².